The number of rotatable bonds is 6. The maximum absolute atomic E-state index is 11.8. The van der Waals surface area contributed by atoms with Gasteiger partial charge >= 0.3 is 0 Å². The maximum atomic E-state index is 11.8. The Bertz CT molecular complexity index is 700. The van der Waals surface area contributed by atoms with Crippen molar-refractivity contribution in [3.8, 4) is 11.5 Å². The van der Waals surface area contributed by atoms with Gasteiger partial charge in [-0.2, -0.15) is 0 Å². The Morgan fingerprint density at radius 1 is 1.26 bits per heavy atom. The van der Waals surface area contributed by atoms with E-state index in [9.17, 15) is 4.79 Å². The van der Waals surface area contributed by atoms with Crippen LogP contribution in [0.2, 0.25) is 0 Å². The smallest absolute Gasteiger partial charge is 0.131 e. The van der Waals surface area contributed by atoms with Gasteiger partial charge in [-0.25, -0.2) is 0 Å². The van der Waals surface area contributed by atoms with Crippen LogP contribution in [0.25, 0.3) is 0 Å². The topological polar surface area (TPSA) is 47.6 Å². The van der Waals surface area contributed by atoms with Crippen molar-refractivity contribution in [1.82, 2.24) is 5.32 Å². The summed E-state index contributed by atoms with van der Waals surface area (Å²) in [6, 6.07) is 13.4. The fourth-order valence-corrected chi connectivity index (χ4v) is 2.90. The molecule has 0 aliphatic carbocycles. The van der Waals surface area contributed by atoms with E-state index >= 15 is 0 Å². The molecule has 4 nitrogen and oxygen atoms in total. The third-order valence-corrected chi connectivity index (χ3v) is 4.43. The predicted molar refractivity (Wildman–Crippen MR) is 92.3 cm³/mol. The lowest BCUT2D eigenvalue weighted by Crippen LogP contribution is -2.50. The summed E-state index contributed by atoms with van der Waals surface area (Å²) in [5.41, 5.74) is 1.75. The Labute approximate surface area is 143 Å². The highest BCUT2D eigenvalue weighted by Gasteiger charge is 2.23. The molecule has 1 aliphatic rings. The molecule has 1 unspecified atom stereocenters. The van der Waals surface area contributed by atoms with E-state index in [-0.39, 0.29) is 12.0 Å². The van der Waals surface area contributed by atoms with Crippen molar-refractivity contribution in [2.75, 3.05) is 20.2 Å². The van der Waals surface area contributed by atoms with Crippen molar-refractivity contribution < 1.29 is 14.3 Å². The van der Waals surface area contributed by atoms with Crippen molar-refractivity contribution >= 4 is 22.2 Å². The molecule has 3 rings (SSSR count). The number of nitrogens with one attached hydrogen (secondary N) is 1. The third kappa shape index (κ3) is 3.57. The molecular formula is C18H18BrNO3. The second-order valence-electron chi connectivity index (χ2n) is 5.47. The van der Waals surface area contributed by atoms with Gasteiger partial charge in [-0.3, -0.25) is 0 Å². The zero-order valence-corrected chi connectivity index (χ0v) is 14.4. The van der Waals surface area contributed by atoms with Crippen molar-refractivity contribution in [2.24, 2.45) is 0 Å². The highest BCUT2D eigenvalue weighted by Crippen LogP contribution is 2.34. The fraction of sp³-hybridized carbons (Fsp3) is 0.278. The van der Waals surface area contributed by atoms with E-state index in [4.69, 9.17) is 9.47 Å². The van der Waals surface area contributed by atoms with E-state index in [0.717, 1.165) is 46.5 Å². The second kappa shape index (κ2) is 7.15. The van der Waals surface area contributed by atoms with Crippen LogP contribution in [0.4, 0.5) is 0 Å². The van der Waals surface area contributed by atoms with E-state index in [1.807, 2.05) is 42.5 Å². The number of hydrogen-bond acceptors (Lipinski definition) is 4. The quantitative estimate of drug-likeness (QED) is 0.787. The lowest BCUT2D eigenvalue weighted by molar-refractivity contribution is -0.108. The van der Waals surface area contributed by atoms with Crippen LogP contribution in [0, 0.1) is 0 Å². The van der Waals surface area contributed by atoms with Gasteiger partial charge in [0.1, 0.15) is 23.9 Å². The number of benzene rings is 2. The molecule has 1 aliphatic heterocycles. The zero-order valence-electron chi connectivity index (χ0n) is 12.8. The van der Waals surface area contributed by atoms with Gasteiger partial charge in [-0.1, -0.05) is 34.1 Å². The van der Waals surface area contributed by atoms with Gasteiger partial charge in [0.15, 0.2) is 0 Å². The van der Waals surface area contributed by atoms with Crippen molar-refractivity contribution in [1.29, 1.82) is 0 Å². The van der Waals surface area contributed by atoms with Crippen LogP contribution in [0.5, 0.6) is 11.5 Å². The normalized spacial score (nSPS) is 15.6. The van der Waals surface area contributed by atoms with Crippen LogP contribution >= 0.6 is 15.9 Å². The van der Waals surface area contributed by atoms with Crippen LogP contribution in [0.15, 0.2) is 46.9 Å². The number of ether oxygens (including phenoxy) is 2. The molecule has 1 fully saturated rings. The van der Waals surface area contributed by atoms with Gasteiger partial charge in [0.2, 0.25) is 0 Å². The highest BCUT2D eigenvalue weighted by molar-refractivity contribution is 9.10. The third-order valence-electron chi connectivity index (χ3n) is 3.94. The van der Waals surface area contributed by atoms with E-state index < -0.39 is 0 Å². The van der Waals surface area contributed by atoms with E-state index in [1.165, 1.54) is 0 Å². The molecule has 1 N–H and O–H groups in total. The Morgan fingerprint density at radius 2 is 2.09 bits per heavy atom. The predicted octanol–water partition coefficient (Wildman–Crippen LogP) is 3.14. The molecule has 0 saturated carbocycles. The zero-order chi connectivity index (χ0) is 16.2. The first kappa shape index (κ1) is 16.0. The van der Waals surface area contributed by atoms with Crippen molar-refractivity contribution in [3.63, 3.8) is 0 Å². The summed E-state index contributed by atoms with van der Waals surface area (Å²) < 4.78 is 12.2. The van der Waals surface area contributed by atoms with Gasteiger partial charge < -0.3 is 19.6 Å². The molecular weight excluding hydrogens is 358 g/mol. The number of aldehydes is 1. The molecule has 0 spiro atoms. The number of carbonyl (C=O) groups excluding carboxylic acids is 1. The first-order valence-corrected chi connectivity index (χ1v) is 8.26. The summed E-state index contributed by atoms with van der Waals surface area (Å²) in [6.07, 6.45) is 1.10. The molecule has 0 bridgehead atoms. The van der Waals surface area contributed by atoms with Crippen molar-refractivity contribution in [2.45, 2.75) is 12.0 Å². The maximum Gasteiger partial charge on any atom is 0.131 e. The molecule has 0 aromatic heterocycles. The minimum absolute atomic E-state index is 0.153. The standard InChI is InChI=1S/C18H18BrNO3/c1-22-14-4-2-3-12(7-14)17(11-21)16-6-5-13(19)8-18(16)23-15-9-20-10-15/h2-8,11,15,17,20H,9-10H2,1H3. The lowest BCUT2D eigenvalue weighted by Gasteiger charge is -2.29. The largest absolute Gasteiger partial charge is 0.497 e. The number of hydrogen-bond donors (Lipinski definition) is 1. The summed E-state index contributed by atoms with van der Waals surface area (Å²) in [4.78, 5) is 11.8. The molecule has 1 heterocycles. The molecule has 1 atom stereocenters. The summed E-state index contributed by atoms with van der Waals surface area (Å²) in [5.74, 6) is 1.09. The minimum atomic E-state index is -0.388. The monoisotopic (exact) mass is 375 g/mol. The Morgan fingerprint density at radius 3 is 2.74 bits per heavy atom. The number of carbonyl (C=O) groups is 1. The van der Waals surface area contributed by atoms with E-state index in [0.29, 0.717) is 0 Å². The molecule has 23 heavy (non-hydrogen) atoms. The molecule has 0 radical (unpaired) electrons. The highest BCUT2D eigenvalue weighted by atomic mass is 79.9. The van der Waals surface area contributed by atoms with Crippen molar-refractivity contribution in [3.05, 3.63) is 58.1 Å². The van der Waals surface area contributed by atoms with Gasteiger partial charge in [-0.05, 0) is 29.8 Å². The Balaban J connectivity index is 1.97. The molecule has 120 valence electrons. The SMILES string of the molecule is COc1cccc(C(C=O)c2ccc(Br)cc2OC2CNC2)c1. The summed E-state index contributed by atoms with van der Waals surface area (Å²) in [7, 11) is 1.62. The summed E-state index contributed by atoms with van der Waals surface area (Å²) in [6.45, 7) is 1.66. The van der Waals surface area contributed by atoms with Crippen LogP contribution in [0.3, 0.4) is 0 Å². The molecule has 0 amide bonds. The van der Waals surface area contributed by atoms with Crippen LogP contribution in [-0.4, -0.2) is 32.6 Å². The molecule has 5 heteroatoms. The van der Waals surface area contributed by atoms with E-state index in [2.05, 4.69) is 21.2 Å². The minimum Gasteiger partial charge on any atom is -0.497 e. The summed E-state index contributed by atoms with van der Waals surface area (Å²) in [5, 5.41) is 3.18. The average molecular weight is 376 g/mol. The Kier molecular flexibility index (Phi) is 4.98. The number of methoxy groups -OCH3 is 1. The average Bonchev–Trinajstić information content (AvgIpc) is 2.53. The van der Waals surface area contributed by atoms with E-state index in [1.54, 1.807) is 7.11 Å². The van der Waals surface area contributed by atoms with Gasteiger partial charge in [0.05, 0.1) is 13.0 Å². The molecule has 2 aromatic carbocycles. The Hall–Kier alpha value is -1.85. The first-order chi connectivity index (χ1) is 11.2. The second-order valence-corrected chi connectivity index (χ2v) is 6.39. The molecule has 2 aromatic rings. The van der Waals surface area contributed by atoms with Crippen LogP contribution in [-0.2, 0) is 4.79 Å². The fourth-order valence-electron chi connectivity index (χ4n) is 2.56. The lowest BCUT2D eigenvalue weighted by atomic mass is 9.91. The van der Waals surface area contributed by atoms with Crippen LogP contribution < -0.4 is 14.8 Å². The number of halogens is 1. The van der Waals surface area contributed by atoms with Gasteiger partial charge in [0.25, 0.3) is 0 Å². The van der Waals surface area contributed by atoms with Gasteiger partial charge in [-0.15, -0.1) is 0 Å². The van der Waals surface area contributed by atoms with Gasteiger partial charge in [0, 0.05) is 23.1 Å². The first-order valence-electron chi connectivity index (χ1n) is 7.47. The van der Waals surface area contributed by atoms with Crippen LogP contribution in [0.1, 0.15) is 17.0 Å². The summed E-state index contributed by atoms with van der Waals surface area (Å²) >= 11 is 3.47. The molecule has 1 saturated heterocycles.